The number of thiol groups is 2. The summed E-state index contributed by atoms with van der Waals surface area (Å²) in [6.07, 6.45) is -3.70. The third-order valence-electron chi connectivity index (χ3n) is 8.95. The van der Waals surface area contributed by atoms with Crippen molar-refractivity contribution in [3.8, 4) is 0 Å². The van der Waals surface area contributed by atoms with Crippen LogP contribution in [0.25, 0.3) is 0 Å². The van der Waals surface area contributed by atoms with Gasteiger partial charge in [0.2, 0.25) is 53.2 Å². The van der Waals surface area contributed by atoms with Gasteiger partial charge >= 0.3 is 11.9 Å². The topological polar surface area (TPSA) is 414 Å². The minimum absolute atomic E-state index is 0.0559. The fourth-order valence-corrected chi connectivity index (χ4v) is 6.04. The van der Waals surface area contributed by atoms with Crippen LogP contribution < -0.4 is 48.3 Å². The molecule has 1 aliphatic heterocycles. The maximum Gasteiger partial charge on any atom is 0.326 e. The minimum atomic E-state index is -1.77. The summed E-state index contributed by atoms with van der Waals surface area (Å²) in [4.78, 5) is 139. The fraction of sp³-hybridized carbons (Fsp3) is 0.676. The van der Waals surface area contributed by atoms with Gasteiger partial charge in [0.15, 0.2) is 0 Å². The molecule has 0 bridgehead atoms. The van der Waals surface area contributed by atoms with Crippen molar-refractivity contribution in [3.63, 3.8) is 0 Å². The number of rotatable bonds is 26. The summed E-state index contributed by atoms with van der Waals surface area (Å²) in [5, 5.41) is 65.9. The number of nitrogens with two attached hydrogens (primary N) is 1. The highest BCUT2D eigenvalue weighted by Crippen LogP contribution is 2.19. The number of aliphatic hydroxyl groups excluding tert-OH is 3. The molecule has 0 aromatic rings. The molecule has 28 heteroatoms. The normalized spacial score (nSPS) is 17.8. The fourth-order valence-electron chi connectivity index (χ4n) is 5.54. The number of carbonyl (C=O) groups excluding carboxylic acids is 9. The van der Waals surface area contributed by atoms with E-state index < -0.39 is 158 Å². The van der Waals surface area contributed by atoms with E-state index in [0.717, 1.165) is 18.7 Å². The lowest BCUT2D eigenvalue weighted by atomic mass is 10.1. The van der Waals surface area contributed by atoms with Crippen LogP contribution >= 0.6 is 25.3 Å². The molecule has 1 rings (SSSR count). The van der Waals surface area contributed by atoms with E-state index in [2.05, 4.69) is 67.8 Å². The molecule has 62 heavy (non-hydrogen) atoms. The molecule has 0 radical (unpaired) electrons. The molecule has 9 amide bonds. The molecule has 0 aliphatic carbocycles. The van der Waals surface area contributed by atoms with Gasteiger partial charge in [-0.05, 0) is 40.0 Å². The number of hydrogen-bond donors (Lipinski definition) is 16. The third kappa shape index (κ3) is 18.0. The highest BCUT2D eigenvalue weighted by molar-refractivity contribution is 7.80. The average Bonchev–Trinajstić information content (AvgIpc) is 3.71. The first-order chi connectivity index (χ1) is 29.0. The van der Waals surface area contributed by atoms with Crippen LogP contribution in [-0.2, 0) is 52.7 Å². The zero-order valence-corrected chi connectivity index (χ0v) is 35.8. The van der Waals surface area contributed by atoms with Gasteiger partial charge < -0.3 is 78.7 Å². The van der Waals surface area contributed by atoms with Crippen molar-refractivity contribution in [2.45, 2.75) is 107 Å². The Balaban J connectivity index is 2.84. The number of nitrogens with one attached hydrogen (secondary N) is 8. The Bertz CT molecular complexity index is 1650. The Morgan fingerprint density at radius 2 is 1.19 bits per heavy atom. The van der Waals surface area contributed by atoms with Gasteiger partial charge in [-0.2, -0.15) is 25.3 Å². The van der Waals surface area contributed by atoms with Gasteiger partial charge in [-0.1, -0.05) is 0 Å². The van der Waals surface area contributed by atoms with Crippen molar-refractivity contribution < 1.29 is 78.3 Å². The van der Waals surface area contributed by atoms with Crippen molar-refractivity contribution in [2.24, 2.45) is 5.73 Å². The van der Waals surface area contributed by atoms with E-state index in [1.165, 1.54) is 6.92 Å². The number of carboxylic acid groups (broad SMARTS) is 2. The van der Waals surface area contributed by atoms with E-state index in [-0.39, 0.29) is 24.5 Å². The molecule has 0 unspecified atom stereocenters. The number of aliphatic hydroxyl groups is 3. The monoisotopic (exact) mass is 924 g/mol. The zero-order valence-electron chi connectivity index (χ0n) is 34.0. The first kappa shape index (κ1) is 54.7. The molecule has 1 fully saturated rings. The quantitative estimate of drug-likeness (QED) is 0.0358. The number of carbonyl (C=O) groups is 11. The van der Waals surface area contributed by atoms with Gasteiger partial charge in [-0.25, -0.2) is 4.79 Å². The van der Waals surface area contributed by atoms with Gasteiger partial charge in [0.1, 0.15) is 42.3 Å². The van der Waals surface area contributed by atoms with Gasteiger partial charge in [0.05, 0.1) is 37.9 Å². The van der Waals surface area contributed by atoms with E-state index in [9.17, 15) is 73.2 Å². The van der Waals surface area contributed by atoms with Crippen molar-refractivity contribution in [3.05, 3.63) is 0 Å². The molecule has 0 aromatic carbocycles. The van der Waals surface area contributed by atoms with E-state index in [4.69, 9.17) is 10.8 Å². The molecular formula is C34H56N10O16S2. The molecule has 350 valence electrons. The summed E-state index contributed by atoms with van der Waals surface area (Å²) in [6, 6.07) is -11.4. The molecule has 1 saturated heterocycles. The first-order valence-electron chi connectivity index (χ1n) is 19.0. The number of amides is 9. The number of nitrogens with zero attached hydrogens (tertiary/aromatic N) is 1. The van der Waals surface area contributed by atoms with Crippen LogP contribution in [-0.4, -0.2) is 194 Å². The van der Waals surface area contributed by atoms with Gasteiger partial charge in [-0.3, -0.25) is 47.9 Å². The largest absolute Gasteiger partial charge is 0.481 e. The Kier molecular flexibility index (Phi) is 23.8. The average molecular weight is 925 g/mol. The van der Waals surface area contributed by atoms with Crippen molar-refractivity contribution >= 4 is 90.4 Å². The molecule has 15 N–H and O–H groups in total. The summed E-state index contributed by atoms with van der Waals surface area (Å²) < 4.78 is 0. The lowest BCUT2D eigenvalue weighted by molar-refractivity contribution is -0.145. The van der Waals surface area contributed by atoms with E-state index in [1.54, 1.807) is 0 Å². The minimum Gasteiger partial charge on any atom is -0.481 e. The lowest BCUT2D eigenvalue weighted by Gasteiger charge is -2.29. The molecule has 0 saturated carbocycles. The summed E-state index contributed by atoms with van der Waals surface area (Å²) in [5.74, 6) is -11.9. The van der Waals surface area contributed by atoms with E-state index in [1.807, 2.05) is 0 Å². The van der Waals surface area contributed by atoms with E-state index in [0.29, 0.717) is 6.42 Å². The molecule has 0 aromatic heterocycles. The molecular weight excluding hydrogens is 869 g/mol. The maximum atomic E-state index is 13.4. The number of likely N-dealkylation sites (tertiary alicyclic amines) is 1. The predicted octanol–water partition coefficient (Wildman–Crippen LogP) is -7.97. The standard InChI is InChI=1S/C34H56N10O16S2/c1-14(35)27(52)40-18(11-45)29(54)41-19(12-61)28(53)36-10-23(49)42-26(16(3)47)32(57)43-25(15(2)46)31(56)37-9-22(48)38-20(13-62)33(58)44-8-4-5-21(44)30(55)39-17(34(59)60)6-7-24(50)51/h14-21,25-26,45-47,61-62H,4-13,35H2,1-3H3,(H,36,53)(H,37,56)(H,38,48)(H,39,55)(H,40,52)(H,41,54)(H,42,49)(H,43,57)(H,50,51)(H,59,60)/t14-,15+,16+,17-,18-,19-,20-,21-,25-,26-/m0/s1. The van der Waals surface area contributed by atoms with Gasteiger partial charge in [0, 0.05) is 24.5 Å². The number of carboxylic acids is 2. The van der Waals surface area contributed by atoms with Crippen molar-refractivity contribution in [1.29, 1.82) is 0 Å². The second-order valence-corrected chi connectivity index (χ2v) is 14.8. The van der Waals surface area contributed by atoms with Crippen LogP contribution in [0.3, 0.4) is 0 Å². The van der Waals surface area contributed by atoms with E-state index >= 15 is 0 Å². The lowest BCUT2D eigenvalue weighted by Crippen LogP contribution is -2.61. The van der Waals surface area contributed by atoms with Crippen molar-refractivity contribution in [2.75, 3.05) is 37.7 Å². The molecule has 26 nitrogen and oxygen atoms in total. The van der Waals surface area contributed by atoms with Crippen LogP contribution in [0.1, 0.15) is 46.5 Å². The summed E-state index contributed by atoms with van der Waals surface area (Å²) in [6.45, 7) is 1.14. The number of aliphatic carboxylic acids is 2. The second-order valence-electron chi connectivity index (χ2n) is 14.0. The summed E-state index contributed by atoms with van der Waals surface area (Å²) in [7, 11) is 0. The Hall–Kier alpha value is -5.29. The highest BCUT2D eigenvalue weighted by atomic mass is 32.1. The smallest absolute Gasteiger partial charge is 0.326 e. The maximum absolute atomic E-state index is 13.4. The number of hydrogen-bond acceptors (Lipinski definition) is 17. The van der Waals surface area contributed by atoms with Crippen LogP contribution in [0.2, 0.25) is 0 Å². The Morgan fingerprint density at radius 1 is 0.661 bits per heavy atom. The molecule has 1 heterocycles. The molecule has 1 aliphatic rings. The van der Waals surface area contributed by atoms with Crippen molar-refractivity contribution in [1.82, 2.24) is 47.4 Å². The SMILES string of the molecule is C[C@H](N)C(=O)N[C@@H](CO)C(=O)N[C@@H](CS)C(=O)NCC(=O)N[C@H](C(=O)N[C@H](C(=O)NCC(=O)N[C@@H](CS)C(=O)N1CCC[C@H]1C(=O)N[C@@H](CCC(=O)O)C(=O)O)[C@@H](C)O)[C@@H](C)O. The first-order valence-corrected chi connectivity index (χ1v) is 20.3. The Morgan fingerprint density at radius 3 is 1.69 bits per heavy atom. The molecule has 0 spiro atoms. The highest BCUT2D eigenvalue weighted by Gasteiger charge is 2.39. The van der Waals surface area contributed by atoms with Crippen LogP contribution in [0.5, 0.6) is 0 Å². The second kappa shape index (κ2) is 26.9. The van der Waals surface area contributed by atoms with Crippen LogP contribution in [0, 0.1) is 0 Å². The van der Waals surface area contributed by atoms with Crippen LogP contribution in [0.4, 0.5) is 0 Å². The van der Waals surface area contributed by atoms with Gasteiger partial charge in [0.25, 0.3) is 0 Å². The Labute approximate surface area is 365 Å². The molecule has 10 atom stereocenters. The zero-order chi connectivity index (χ0) is 47.4. The van der Waals surface area contributed by atoms with Crippen LogP contribution in [0.15, 0.2) is 0 Å². The van der Waals surface area contributed by atoms with Gasteiger partial charge in [-0.15, -0.1) is 0 Å². The summed E-state index contributed by atoms with van der Waals surface area (Å²) >= 11 is 8.08. The third-order valence-corrected chi connectivity index (χ3v) is 9.68. The predicted molar refractivity (Wildman–Crippen MR) is 219 cm³/mol. The summed E-state index contributed by atoms with van der Waals surface area (Å²) in [5.41, 5.74) is 5.44.